The van der Waals surface area contributed by atoms with E-state index in [4.69, 9.17) is 0 Å². The van der Waals surface area contributed by atoms with Gasteiger partial charge in [0.25, 0.3) is 0 Å². The molecule has 0 unspecified atom stereocenters. The number of rotatable bonds is 5. The first kappa shape index (κ1) is 12.5. The van der Waals surface area contributed by atoms with Gasteiger partial charge in [-0.2, -0.15) is 0 Å². The van der Waals surface area contributed by atoms with E-state index in [0.29, 0.717) is 11.8 Å². The number of amides is 1. The number of hydrogen-bond acceptors (Lipinski definition) is 2. The molecule has 2 rings (SSSR count). The number of benzene rings is 1. The highest BCUT2D eigenvalue weighted by molar-refractivity contribution is 7.99. The largest absolute Gasteiger partial charge is 0.353 e. The number of hydrogen-bond donors (Lipinski definition) is 1. The van der Waals surface area contributed by atoms with Crippen LogP contribution in [0.3, 0.4) is 0 Å². The van der Waals surface area contributed by atoms with Crippen molar-refractivity contribution in [3.63, 3.8) is 0 Å². The molecule has 0 radical (unpaired) electrons. The lowest BCUT2D eigenvalue weighted by Crippen LogP contribution is -2.27. The summed E-state index contributed by atoms with van der Waals surface area (Å²) >= 11 is 1.69. The minimum absolute atomic E-state index is 0.182. The fraction of sp³-hybridized carbons (Fsp3) is 0.500. The molecule has 1 N–H and O–H groups in total. The van der Waals surface area contributed by atoms with Crippen LogP contribution in [-0.4, -0.2) is 17.7 Å². The average molecular weight is 249 g/mol. The summed E-state index contributed by atoms with van der Waals surface area (Å²) in [6.45, 7) is 4.22. The molecule has 1 aromatic carbocycles. The Morgan fingerprint density at radius 1 is 1.29 bits per heavy atom. The lowest BCUT2D eigenvalue weighted by Gasteiger charge is -2.05. The minimum Gasteiger partial charge on any atom is -0.353 e. The van der Waals surface area contributed by atoms with Crippen LogP contribution >= 0.6 is 11.8 Å². The van der Waals surface area contributed by atoms with Crippen molar-refractivity contribution in [1.82, 2.24) is 5.32 Å². The van der Waals surface area contributed by atoms with Crippen LogP contribution in [0.5, 0.6) is 0 Å². The lowest BCUT2D eigenvalue weighted by molar-refractivity contribution is -0.118. The van der Waals surface area contributed by atoms with Crippen molar-refractivity contribution in [3.05, 3.63) is 34.9 Å². The molecule has 0 atom stereocenters. The molecule has 0 aromatic heterocycles. The average Bonchev–Trinajstić information content (AvgIpc) is 3.00. The number of aryl methyl sites for hydroxylation is 2. The highest BCUT2D eigenvalue weighted by atomic mass is 32.2. The van der Waals surface area contributed by atoms with E-state index in [9.17, 15) is 4.79 Å². The monoisotopic (exact) mass is 249 g/mol. The van der Waals surface area contributed by atoms with Crippen LogP contribution in [0.25, 0.3) is 0 Å². The predicted octanol–water partition coefficient (Wildman–Crippen LogP) is 2.82. The number of carbonyl (C=O) groups is 1. The molecule has 92 valence electrons. The van der Waals surface area contributed by atoms with Crippen LogP contribution in [0.15, 0.2) is 18.2 Å². The molecule has 1 aromatic rings. The minimum atomic E-state index is 0.182. The summed E-state index contributed by atoms with van der Waals surface area (Å²) in [6.07, 6.45) is 2.32. The van der Waals surface area contributed by atoms with Crippen molar-refractivity contribution in [3.8, 4) is 0 Å². The van der Waals surface area contributed by atoms with Crippen molar-refractivity contribution >= 4 is 17.7 Å². The molecule has 0 saturated heterocycles. The van der Waals surface area contributed by atoms with E-state index < -0.39 is 0 Å². The summed E-state index contributed by atoms with van der Waals surface area (Å²) in [7, 11) is 0. The highest BCUT2D eigenvalue weighted by Crippen LogP contribution is 2.19. The van der Waals surface area contributed by atoms with Gasteiger partial charge in [-0.15, -0.1) is 11.8 Å². The Morgan fingerprint density at radius 3 is 2.53 bits per heavy atom. The molecular weight excluding hydrogens is 230 g/mol. The maximum atomic E-state index is 11.5. The first-order valence-electron chi connectivity index (χ1n) is 6.08. The molecule has 0 aliphatic heterocycles. The maximum absolute atomic E-state index is 11.5. The standard InChI is InChI=1S/C14H19NOS/c1-10-5-11(2)7-12(6-10)8-17-9-14(16)15-13-3-4-13/h5-7,13H,3-4,8-9H2,1-2H3,(H,15,16). The van der Waals surface area contributed by atoms with Crippen molar-refractivity contribution in [2.45, 2.75) is 38.5 Å². The molecule has 1 aliphatic rings. The van der Waals surface area contributed by atoms with Crippen LogP contribution in [0.1, 0.15) is 29.5 Å². The van der Waals surface area contributed by atoms with Gasteiger partial charge in [0.15, 0.2) is 0 Å². The van der Waals surface area contributed by atoms with E-state index in [1.54, 1.807) is 11.8 Å². The van der Waals surface area contributed by atoms with E-state index in [0.717, 1.165) is 18.6 Å². The SMILES string of the molecule is Cc1cc(C)cc(CSCC(=O)NC2CC2)c1. The van der Waals surface area contributed by atoms with Crippen LogP contribution in [0.2, 0.25) is 0 Å². The second kappa shape index (κ2) is 5.58. The molecule has 0 bridgehead atoms. The van der Waals surface area contributed by atoms with E-state index in [1.165, 1.54) is 16.7 Å². The molecular formula is C14H19NOS. The summed E-state index contributed by atoms with van der Waals surface area (Å²) in [4.78, 5) is 11.5. The van der Waals surface area contributed by atoms with E-state index in [-0.39, 0.29) is 5.91 Å². The Kier molecular flexibility index (Phi) is 4.11. The molecule has 3 heteroatoms. The summed E-state index contributed by atoms with van der Waals surface area (Å²) in [5.41, 5.74) is 3.90. The highest BCUT2D eigenvalue weighted by Gasteiger charge is 2.22. The second-order valence-electron chi connectivity index (χ2n) is 4.83. The molecule has 0 spiro atoms. The van der Waals surface area contributed by atoms with E-state index in [1.807, 2.05) is 0 Å². The number of nitrogens with one attached hydrogen (secondary N) is 1. The van der Waals surface area contributed by atoms with E-state index in [2.05, 4.69) is 37.4 Å². The Hall–Kier alpha value is -0.960. The molecule has 1 amide bonds. The lowest BCUT2D eigenvalue weighted by atomic mass is 10.1. The maximum Gasteiger partial charge on any atom is 0.230 e. The van der Waals surface area contributed by atoms with E-state index >= 15 is 0 Å². The van der Waals surface area contributed by atoms with Crippen molar-refractivity contribution < 1.29 is 4.79 Å². The summed E-state index contributed by atoms with van der Waals surface area (Å²) in [5, 5.41) is 3.00. The molecule has 2 nitrogen and oxygen atoms in total. The molecule has 17 heavy (non-hydrogen) atoms. The molecule has 1 fully saturated rings. The van der Waals surface area contributed by atoms with Gasteiger partial charge >= 0.3 is 0 Å². The zero-order valence-corrected chi connectivity index (χ0v) is 11.3. The van der Waals surface area contributed by atoms with Crippen molar-refractivity contribution in [2.75, 3.05) is 5.75 Å². The molecule has 1 saturated carbocycles. The van der Waals surface area contributed by atoms with Gasteiger partial charge in [0.2, 0.25) is 5.91 Å². The van der Waals surface area contributed by atoms with Crippen molar-refractivity contribution in [1.29, 1.82) is 0 Å². The van der Waals surface area contributed by atoms with Crippen LogP contribution < -0.4 is 5.32 Å². The van der Waals surface area contributed by atoms with Crippen LogP contribution in [-0.2, 0) is 10.5 Å². The number of carbonyl (C=O) groups excluding carboxylic acids is 1. The third-order valence-corrected chi connectivity index (χ3v) is 3.73. The zero-order valence-electron chi connectivity index (χ0n) is 10.5. The van der Waals surface area contributed by atoms with Crippen molar-refractivity contribution in [2.24, 2.45) is 0 Å². The Labute approximate surface area is 107 Å². The number of thioether (sulfide) groups is 1. The Balaban J connectivity index is 1.74. The Bertz CT molecular complexity index is 392. The predicted molar refractivity (Wildman–Crippen MR) is 73.2 cm³/mol. The van der Waals surface area contributed by atoms with Gasteiger partial charge < -0.3 is 5.32 Å². The summed E-state index contributed by atoms with van der Waals surface area (Å²) in [6, 6.07) is 7.04. The smallest absolute Gasteiger partial charge is 0.230 e. The molecule has 0 heterocycles. The van der Waals surface area contributed by atoms with Gasteiger partial charge in [0.1, 0.15) is 0 Å². The van der Waals surface area contributed by atoms with Gasteiger partial charge in [-0.3, -0.25) is 4.79 Å². The third-order valence-electron chi connectivity index (χ3n) is 2.73. The summed E-state index contributed by atoms with van der Waals surface area (Å²) < 4.78 is 0. The normalized spacial score (nSPS) is 14.7. The second-order valence-corrected chi connectivity index (χ2v) is 5.82. The van der Waals surface area contributed by atoms with Gasteiger partial charge in [0, 0.05) is 11.8 Å². The quantitative estimate of drug-likeness (QED) is 0.869. The van der Waals surface area contributed by atoms with Crippen LogP contribution in [0, 0.1) is 13.8 Å². The first-order chi connectivity index (χ1) is 8.13. The zero-order chi connectivity index (χ0) is 12.3. The van der Waals surface area contributed by atoms with Gasteiger partial charge in [0.05, 0.1) is 5.75 Å². The first-order valence-corrected chi connectivity index (χ1v) is 7.23. The fourth-order valence-electron chi connectivity index (χ4n) is 1.91. The molecule has 1 aliphatic carbocycles. The topological polar surface area (TPSA) is 29.1 Å². The fourth-order valence-corrected chi connectivity index (χ4v) is 2.68. The van der Waals surface area contributed by atoms with Gasteiger partial charge in [-0.1, -0.05) is 29.3 Å². The van der Waals surface area contributed by atoms with Gasteiger partial charge in [-0.25, -0.2) is 0 Å². The summed E-state index contributed by atoms with van der Waals surface area (Å²) in [5.74, 6) is 1.67. The van der Waals surface area contributed by atoms with Gasteiger partial charge in [-0.05, 0) is 32.3 Å². The van der Waals surface area contributed by atoms with Crippen LogP contribution in [0.4, 0.5) is 0 Å². The Morgan fingerprint density at radius 2 is 1.94 bits per heavy atom. The third kappa shape index (κ3) is 4.43.